The largest absolute Gasteiger partial charge is 0.321 e. The smallest absolute Gasteiger partial charge is 0.257 e. The van der Waals surface area contributed by atoms with Crippen molar-refractivity contribution in [3.63, 3.8) is 0 Å². The Bertz CT molecular complexity index is 722. The number of aryl methyl sites for hydroxylation is 1. The van der Waals surface area contributed by atoms with Gasteiger partial charge in [0.15, 0.2) is 0 Å². The maximum absolute atomic E-state index is 13.3. The van der Waals surface area contributed by atoms with Gasteiger partial charge in [-0.15, -0.1) is 0 Å². The number of hydrogen-bond donors (Lipinski definition) is 1. The molecular weight excluding hydrogens is 279 g/mol. The normalized spacial score (nSPS) is 9.90. The maximum Gasteiger partial charge on any atom is 0.257 e. The van der Waals surface area contributed by atoms with E-state index < -0.39 is 11.7 Å². The first-order chi connectivity index (χ1) is 9.54. The molecule has 0 atom stereocenters. The molecule has 0 heterocycles. The van der Waals surface area contributed by atoms with Crippen molar-refractivity contribution in [3.05, 3.63) is 63.9 Å². The highest BCUT2D eigenvalue weighted by molar-refractivity contribution is 6.34. The van der Waals surface area contributed by atoms with Gasteiger partial charge in [-0.2, -0.15) is 5.26 Å². The van der Waals surface area contributed by atoms with Crippen LogP contribution in [0.15, 0.2) is 36.4 Å². The minimum atomic E-state index is -0.663. The Morgan fingerprint density at radius 2 is 2.00 bits per heavy atom. The topological polar surface area (TPSA) is 52.9 Å². The Kier molecular flexibility index (Phi) is 4.02. The molecule has 0 aliphatic carbocycles. The molecule has 0 aliphatic heterocycles. The fraction of sp³-hybridized carbons (Fsp3) is 0.0667. The van der Waals surface area contributed by atoms with Crippen LogP contribution in [-0.4, -0.2) is 5.91 Å². The molecule has 1 N–H and O–H groups in total. The van der Waals surface area contributed by atoms with Crippen LogP contribution in [0.3, 0.4) is 0 Å². The Hall–Kier alpha value is -2.38. The van der Waals surface area contributed by atoms with Gasteiger partial charge in [0.05, 0.1) is 21.8 Å². The SMILES string of the molecule is Cc1cccc(NC(=O)c2cccc(F)c2Cl)c1C#N. The molecule has 0 aliphatic rings. The number of nitriles is 1. The summed E-state index contributed by atoms with van der Waals surface area (Å²) in [6.45, 7) is 1.77. The Morgan fingerprint density at radius 3 is 2.70 bits per heavy atom. The van der Waals surface area contributed by atoms with Gasteiger partial charge in [-0.3, -0.25) is 4.79 Å². The van der Waals surface area contributed by atoms with E-state index in [1.54, 1.807) is 25.1 Å². The molecule has 1 amide bonds. The molecule has 0 saturated carbocycles. The van der Waals surface area contributed by atoms with E-state index >= 15 is 0 Å². The molecule has 0 bridgehead atoms. The summed E-state index contributed by atoms with van der Waals surface area (Å²) in [5.74, 6) is -1.22. The monoisotopic (exact) mass is 288 g/mol. The molecule has 0 unspecified atom stereocenters. The van der Waals surface area contributed by atoms with Crippen LogP contribution in [0.2, 0.25) is 5.02 Å². The van der Waals surface area contributed by atoms with Crippen LogP contribution in [0.25, 0.3) is 0 Å². The number of benzene rings is 2. The van der Waals surface area contributed by atoms with Crippen molar-refractivity contribution in [1.82, 2.24) is 0 Å². The fourth-order valence-corrected chi connectivity index (χ4v) is 2.00. The lowest BCUT2D eigenvalue weighted by Crippen LogP contribution is -2.14. The van der Waals surface area contributed by atoms with E-state index in [0.29, 0.717) is 11.3 Å². The first-order valence-corrected chi connectivity index (χ1v) is 6.17. The molecule has 2 aromatic carbocycles. The van der Waals surface area contributed by atoms with Crippen LogP contribution in [0.5, 0.6) is 0 Å². The molecule has 2 aromatic rings. The van der Waals surface area contributed by atoms with Crippen LogP contribution in [-0.2, 0) is 0 Å². The molecule has 100 valence electrons. The second-order valence-electron chi connectivity index (χ2n) is 4.16. The third kappa shape index (κ3) is 2.63. The van der Waals surface area contributed by atoms with Gasteiger partial charge in [0.25, 0.3) is 5.91 Å². The number of nitrogens with zero attached hydrogens (tertiary/aromatic N) is 1. The quantitative estimate of drug-likeness (QED) is 0.911. The lowest BCUT2D eigenvalue weighted by molar-refractivity contribution is 0.102. The van der Waals surface area contributed by atoms with E-state index in [2.05, 4.69) is 5.32 Å². The van der Waals surface area contributed by atoms with Crippen molar-refractivity contribution in [1.29, 1.82) is 5.26 Å². The highest BCUT2D eigenvalue weighted by atomic mass is 35.5. The van der Waals surface area contributed by atoms with Gasteiger partial charge < -0.3 is 5.32 Å². The second kappa shape index (κ2) is 5.72. The van der Waals surface area contributed by atoms with Gasteiger partial charge >= 0.3 is 0 Å². The van der Waals surface area contributed by atoms with Crippen molar-refractivity contribution in [2.24, 2.45) is 0 Å². The summed E-state index contributed by atoms with van der Waals surface area (Å²) in [4.78, 5) is 12.1. The highest BCUT2D eigenvalue weighted by Gasteiger charge is 2.15. The number of anilines is 1. The predicted octanol–water partition coefficient (Wildman–Crippen LogP) is 3.91. The van der Waals surface area contributed by atoms with Gasteiger partial charge in [0, 0.05) is 0 Å². The van der Waals surface area contributed by atoms with Crippen molar-refractivity contribution in [2.45, 2.75) is 6.92 Å². The summed E-state index contributed by atoms with van der Waals surface area (Å²) < 4.78 is 13.3. The van der Waals surface area contributed by atoms with Crippen LogP contribution in [0, 0.1) is 24.1 Å². The molecule has 0 radical (unpaired) electrons. The number of nitrogens with one attached hydrogen (secondary N) is 1. The second-order valence-corrected chi connectivity index (χ2v) is 4.54. The van der Waals surface area contributed by atoms with E-state index in [1.807, 2.05) is 6.07 Å². The Labute approximate surface area is 120 Å². The summed E-state index contributed by atoms with van der Waals surface area (Å²) in [5, 5.41) is 11.4. The van der Waals surface area contributed by atoms with Gasteiger partial charge in [-0.1, -0.05) is 29.8 Å². The Balaban J connectivity index is 2.36. The van der Waals surface area contributed by atoms with E-state index in [4.69, 9.17) is 16.9 Å². The average Bonchev–Trinajstić information content (AvgIpc) is 2.42. The summed E-state index contributed by atoms with van der Waals surface area (Å²) in [6.07, 6.45) is 0. The fourth-order valence-electron chi connectivity index (χ4n) is 1.79. The average molecular weight is 289 g/mol. The third-order valence-electron chi connectivity index (χ3n) is 2.83. The Morgan fingerprint density at radius 1 is 1.30 bits per heavy atom. The van der Waals surface area contributed by atoms with Gasteiger partial charge in [-0.25, -0.2) is 4.39 Å². The summed E-state index contributed by atoms with van der Waals surface area (Å²) in [6, 6.07) is 11.1. The maximum atomic E-state index is 13.3. The van der Waals surface area contributed by atoms with Crippen LogP contribution >= 0.6 is 11.6 Å². The highest BCUT2D eigenvalue weighted by Crippen LogP contribution is 2.23. The summed E-state index contributed by atoms with van der Waals surface area (Å²) in [5.41, 5.74) is 1.51. The number of hydrogen-bond acceptors (Lipinski definition) is 2. The van der Waals surface area contributed by atoms with Crippen LogP contribution in [0.1, 0.15) is 21.5 Å². The zero-order valence-electron chi connectivity index (χ0n) is 10.6. The van der Waals surface area contributed by atoms with Crippen molar-refractivity contribution in [2.75, 3.05) is 5.32 Å². The van der Waals surface area contributed by atoms with Crippen LogP contribution < -0.4 is 5.32 Å². The lowest BCUT2D eigenvalue weighted by Gasteiger charge is -2.09. The minimum Gasteiger partial charge on any atom is -0.321 e. The number of carbonyl (C=O) groups excluding carboxylic acids is 1. The zero-order valence-corrected chi connectivity index (χ0v) is 11.3. The minimum absolute atomic E-state index is 0.0251. The van der Waals surface area contributed by atoms with Crippen molar-refractivity contribution in [3.8, 4) is 6.07 Å². The summed E-state index contributed by atoms with van der Waals surface area (Å²) >= 11 is 5.76. The molecule has 3 nitrogen and oxygen atoms in total. The molecule has 2 rings (SSSR count). The predicted molar refractivity (Wildman–Crippen MR) is 75.3 cm³/mol. The standard InChI is InChI=1S/C15H10ClFN2O/c1-9-4-2-7-13(11(9)8-18)19-15(20)10-5-3-6-12(17)14(10)16/h2-7H,1H3,(H,19,20). The van der Waals surface area contributed by atoms with Crippen molar-refractivity contribution < 1.29 is 9.18 Å². The van der Waals surface area contributed by atoms with E-state index in [-0.39, 0.29) is 10.6 Å². The number of rotatable bonds is 2. The molecule has 5 heteroatoms. The first kappa shape index (κ1) is 14.0. The molecule has 0 fully saturated rings. The van der Waals surface area contributed by atoms with E-state index in [1.165, 1.54) is 18.2 Å². The van der Waals surface area contributed by atoms with E-state index in [0.717, 1.165) is 5.56 Å². The molecule has 0 saturated heterocycles. The first-order valence-electron chi connectivity index (χ1n) is 5.79. The summed E-state index contributed by atoms with van der Waals surface area (Å²) in [7, 11) is 0. The number of halogens is 2. The van der Waals surface area contributed by atoms with Crippen LogP contribution in [0.4, 0.5) is 10.1 Å². The number of amides is 1. The van der Waals surface area contributed by atoms with Gasteiger partial charge in [-0.05, 0) is 30.7 Å². The zero-order chi connectivity index (χ0) is 14.7. The van der Waals surface area contributed by atoms with Gasteiger partial charge in [0.1, 0.15) is 11.9 Å². The molecular formula is C15H10ClFN2O. The lowest BCUT2D eigenvalue weighted by atomic mass is 10.1. The molecule has 0 aromatic heterocycles. The molecule has 0 spiro atoms. The third-order valence-corrected chi connectivity index (χ3v) is 3.21. The number of carbonyl (C=O) groups is 1. The van der Waals surface area contributed by atoms with Gasteiger partial charge in [0.2, 0.25) is 0 Å². The van der Waals surface area contributed by atoms with E-state index in [9.17, 15) is 9.18 Å². The molecule has 20 heavy (non-hydrogen) atoms. The van der Waals surface area contributed by atoms with Crippen molar-refractivity contribution >= 4 is 23.2 Å².